The van der Waals surface area contributed by atoms with E-state index < -0.39 is 6.10 Å². The Morgan fingerprint density at radius 1 is 1.41 bits per heavy atom. The van der Waals surface area contributed by atoms with E-state index in [9.17, 15) is 5.11 Å². The first-order valence-electron chi connectivity index (χ1n) is 5.60. The van der Waals surface area contributed by atoms with E-state index in [-0.39, 0.29) is 6.61 Å². The second-order valence-corrected chi connectivity index (χ2v) is 3.88. The number of rotatable bonds is 5. The number of benzene rings is 1. The predicted octanol–water partition coefficient (Wildman–Crippen LogP) is 1.19. The zero-order valence-electron chi connectivity index (χ0n) is 9.76. The summed E-state index contributed by atoms with van der Waals surface area (Å²) in [6, 6.07) is 9.63. The molecule has 0 fully saturated rings. The van der Waals surface area contributed by atoms with Crippen molar-refractivity contribution in [2.24, 2.45) is 0 Å². The fourth-order valence-corrected chi connectivity index (χ4v) is 1.62. The van der Waals surface area contributed by atoms with Crippen LogP contribution in [0.15, 0.2) is 36.5 Å². The van der Waals surface area contributed by atoms with Crippen molar-refractivity contribution in [3.05, 3.63) is 36.5 Å². The molecule has 0 aliphatic rings. The predicted molar refractivity (Wildman–Crippen MR) is 67.2 cm³/mol. The van der Waals surface area contributed by atoms with Crippen LogP contribution in [0.4, 0.5) is 0 Å². The molecule has 90 valence electrons. The summed E-state index contributed by atoms with van der Waals surface area (Å²) in [5.74, 6) is 0.728. The van der Waals surface area contributed by atoms with Gasteiger partial charge in [0.15, 0.2) is 0 Å². The van der Waals surface area contributed by atoms with Gasteiger partial charge >= 0.3 is 0 Å². The van der Waals surface area contributed by atoms with Gasteiger partial charge in [0.1, 0.15) is 18.5 Å². The molecule has 2 N–H and O–H groups in total. The lowest BCUT2D eigenvalue weighted by Crippen LogP contribution is -2.29. The summed E-state index contributed by atoms with van der Waals surface area (Å²) in [4.78, 5) is 4.25. The largest absolute Gasteiger partial charge is 0.491 e. The first-order valence-corrected chi connectivity index (χ1v) is 5.60. The standard InChI is InChI=1S/C13H16N2O2/c1-14-8-11(16)9-17-12-5-4-10-3-2-6-15-13(10)7-12/h2-7,11,14,16H,8-9H2,1H3. The van der Waals surface area contributed by atoms with Gasteiger partial charge in [-0.05, 0) is 25.2 Å². The normalized spacial score (nSPS) is 12.6. The number of hydrogen-bond donors (Lipinski definition) is 2. The minimum absolute atomic E-state index is 0.277. The molecular weight excluding hydrogens is 216 g/mol. The first-order chi connectivity index (χ1) is 8.29. The highest BCUT2D eigenvalue weighted by molar-refractivity contribution is 5.79. The lowest BCUT2D eigenvalue weighted by molar-refractivity contribution is 0.108. The lowest BCUT2D eigenvalue weighted by atomic mass is 10.2. The fourth-order valence-electron chi connectivity index (χ4n) is 1.62. The van der Waals surface area contributed by atoms with Gasteiger partial charge in [0.2, 0.25) is 0 Å². The third-order valence-corrected chi connectivity index (χ3v) is 2.46. The molecule has 2 aromatic rings. The van der Waals surface area contributed by atoms with E-state index in [0.717, 1.165) is 16.7 Å². The second-order valence-electron chi connectivity index (χ2n) is 3.88. The molecule has 0 spiro atoms. The fraction of sp³-hybridized carbons (Fsp3) is 0.308. The van der Waals surface area contributed by atoms with Crippen molar-refractivity contribution < 1.29 is 9.84 Å². The van der Waals surface area contributed by atoms with Crippen molar-refractivity contribution in [2.75, 3.05) is 20.2 Å². The zero-order chi connectivity index (χ0) is 12.1. The van der Waals surface area contributed by atoms with Gasteiger partial charge in [0, 0.05) is 24.2 Å². The summed E-state index contributed by atoms with van der Waals surface area (Å²) in [6.07, 6.45) is 1.25. The maximum absolute atomic E-state index is 9.52. The Morgan fingerprint density at radius 3 is 3.12 bits per heavy atom. The Morgan fingerprint density at radius 2 is 2.29 bits per heavy atom. The quantitative estimate of drug-likeness (QED) is 0.813. The highest BCUT2D eigenvalue weighted by Gasteiger charge is 2.04. The summed E-state index contributed by atoms with van der Waals surface area (Å²) < 4.78 is 5.50. The van der Waals surface area contributed by atoms with Gasteiger partial charge in [-0.25, -0.2) is 0 Å². The van der Waals surface area contributed by atoms with Crippen LogP contribution in [0.1, 0.15) is 0 Å². The van der Waals surface area contributed by atoms with Crippen LogP contribution >= 0.6 is 0 Å². The molecule has 4 heteroatoms. The van der Waals surface area contributed by atoms with Crippen LogP contribution in [0.3, 0.4) is 0 Å². The molecule has 0 aliphatic carbocycles. The summed E-state index contributed by atoms with van der Waals surface area (Å²) in [5.41, 5.74) is 0.896. The number of fused-ring (bicyclic) bond motifs is 1. The molecule has 2 rings (SSSR count). The number of nitrogens with one attached hydrogen (secondary N) is 1. The van der Waals surface area contributed by atoms with Gasteiger partial charge < -0.3 is 15.2 Å². The van der Waals surface area contributed by atoms with Crippen molar-refractivity contribution in [1.29, 1.82) is 0 Å². The van der Waals surface area contributed by atoms with Crippen molar-refractivity contribution in [2.45, 2.75) is 6.10 Å². The number of ether oxygens (including phenoxy) is 1. The van der Waals surface area contributed by atoms with Gasteiger partial charge in [-0.3, -0.25) is 4.98 Å². The van der Waals surface area contributed by atoms with Crippen LogP contribution in [0.2, 0.25) is 0 Å². The van der Waals surface area contributed by atoms with E-state index in [1.54, 1.807) is 13.2 Å². The van der Waals surface area contributed by atoms with Crippen LogP contribution in [0.5, 0.6) is 5.75 Å². The molecule has 1 unspecified atom stereocenters. The van der Waals surface area contributed by atoms with E-state index in [4.69, 9.17) is 4.74 Å². The zero-order valence-corrected chi connectivity index (χ0v) is 9.76. The third-order valence-electron chi connectivity index (χ3n) is 2.46. The second kappa shape index (κ2) is 5.61. The SMILES string of the molecule is CNCC(O)COc1ccc2cccnc2c1. The van der Waals surface area contributed by atoms with Crippen LogP contribution in [-0.4, -0.2) is 36.4 Å². The molecule has 1 aromatic carbocycles. The third kappa shape index (κ3) is 3.15. The van der Waals surface area contributed by atoms with Crippen molar-refractivity contribution >= 4 is 10.9 Å². The van der Waals surface area contributed by atoms with Crippen LogP contribution in [0.25, 0.3) is 10.9 Å². The Bertz CT molecular complexity index is 488. The van der Waals surface area contributed by atoms with Gasteiger partial charge in [-0.15, -0.1) is 0 Å². The van der Waals surface area contributed by atoms with E-state index in [1.165, 1.54) is 0 Å². The smallest absolute Gasteiger partial charge is 0.121 e. The summed E-state index contributed by atoms with van der Waals surface area (Å²) in [5, 5.41) is 13.5. The van der Waals surface area contributed by atoms with Crippen LogP contribution < -0.4 is 10.1 Å². The minimum atomic E-state index is -0.501. The molecule has 4 nitrogen and oxygen atoms in total. The number of nitrogens with zero attached hydrogens (tertiary/aromatic N) is 1. The van der Waals surface area contributed by atoms with Gasteiger partial charge in [0.25, 0.3) is 0 Å². The number of aliphatic hydroxyl groups excluding tert-OH is 1. The van der Waals surface area contributed by atoms with Gasteiger partial charge in [-0.1, -0.05) is 6.07 Å². The van der Waals surface area contributed by atoms with E-state index in [1.807, 2.05) is 30.3 Å². The van der Waals surface area contributed by atoms with E-state index in [2.05, 4.69) is 10.3 Å². The van der Waals surface area contributed by atoms with Crippen molar-refractivity contribution in [3.8, 4) is 5.75 Å². The Labute approximate surface area is 100 Å². The average Bonchev–Trinajstić information content (AvgIpc) is 2.36. The average molecular weight is 232 g/mol. The maximum Gasteiger partial charge on any atom is 0.121 e. The highest BCUT2D eigenvalue weighted by atomic mass is 16.5. The molecule has 1 heterocycles. The van der Waals surface area contributed by atoms with Crippen LogP contribution in [-0.2, 0) is 0 Å². The minimum Gasteiger partial charge on any atom is -0.491 e. The number of aromatic nitrogens is 1. The van der Waals surface area contributed by atoms with Gasteiger partial charge in [-0.2, -0.15) is 0 Å². The number of likely N-dealkylation sites (N-methyl/N-ethyl adjacent to an activating group) is 1. The molecule has 1 aromatic heterocycles. The molecule has 0 saturated carbocycles. The maximum atomic E-state index is 9.52. The van der Waals surface area contributed by atoms with E-state index >= 15 is 0 Å². The summed E-state index contributed by atoms with van der Waals surface area (Å²) in [6.45, 7) is 0.797. The van der Waals surface area contributed by atoms with Crippen molar-refractivity contribution in [3.63, 3.8) is 0 Å². The van der Waals surface area contributed by atoms with Crippen LogP contribution in [0, 0.1) is 0 Å². The first kappa shape index (κ1) is 11.8. The highest BCUT2D eigenvalue weighted by Crippen LogP contribution is 2.18. The Kier molecular flexibility index (Phi) is 3.90. The topological polar surface area (TPSA) is 54.4 Å². The molecular formula is C13H16N2O2. The molecule has 0 radical (unpaired) electrons. The van der Waals surface area contributed by atoms with E-state index in [0.29, 0.717) is 6.54 Å². The molecule has 0 bridgehead atoms. The summed E-state index contributed by atoms with van der Waals surface area (Å²) >= 11 is 0. The number of hydrogen-bond acceptors (Lipinski definition) is 4. The molecule has 0 saturated heterocycles. The lowest BCUT2D eigenvalue weighted by Gasteiger charge is -2.11. The van der Waals surface area contributed by atoms with Gasteiger partial charge in [0.05, 0.1) is 5.52 Å². The molecule has 1 atom stereocenters. The monoisotopic (exact) mass is 232 g/mol. The summed E-state index contributed by atoms with van der Waals surface area (Å²) in [7, 11) is 1.79. The Balaban J connectivity index is 2.04. The molecule has 17 heavy (non-hydrogen) atoms. The van der Waals surface area contributed by atoms with Crippen molar-refractivity contribution in [1.82, 2.24) is 10.3 Å². The number of aliphatic hydroxyl groups is 1. The number of pyridine rings is 1. The molecule has 0 amide bonds. The Hall–Kier alpha value is -1.65. The molecule has 0 aliphatic heterocycles.